The molecule has 32 nitrogen and oxygen atoms in total. The van der Waals surface area contributed by atoms with E-state index in [1.807, 2.05) is 0 Å². The molecule has 0 aromatic heterocycles. The van der Waals surface area contributed by atoms with Crippen LogP contribution < -0.4 is 5.32 Å². The zero-order valence-corrected chi connectivity index (χ0v) is 63.6. The molecule has 2 N–H and O–H groups in total. The lowest BCUT2D eigenvalue weighted by atomic mass is 10.1. The van der Waals surface area contributed by atoms with Crippen LogP contribution in [0.5, 0.6) is 0 Å². The average molecular weight is 1520 g/mol. The van der Waals surface area contributed by atoms with Gasteiger partial charge in [-0.15, -0.1) is 0 Å². The SMILES string of the molecule is O=C(O)CCOCCOCCOCCOCCOCCOCCOCCOCCOCCOCCOCCOCCOCCOCCOCCOCCOCCOCCOCCOCCOCCOCCOCCOCCOCCOCCOCCOCCNC(=O)CCCCCCCCCCS. The molecule has 0 saturated carbocycles. The molecule has 0 spiro atoms. The van der Waals surface area contributed by atoms with Crippen molar-refractivity contribution >= 4 is 24.5 Å². The second kappa shape index (κ2) is 96.2. The lowest BCUT2D eigenvalue weighted by Crippen LogP contribution is -2.27. The van der Waals surface area contributed by atoms with Crippen molar-refractivity contribution in [1.29, 1.82) is 0 Å². The molecule has 0 aliphatic heterocycles. The van der Waals surface area contributed by atoms with Gasteiger partial charge in [0, 0.05) is 13.0 Å². The van der Waals surface area contributed by atoms with Crippen LogP contribution in [0.2, 0.25) is 0 Å². The van der Waals surface area contributed by atoms with Crippen LogP contribution in [0.25, 0.3) is 0 Å². The standard InChI is InChI=1S/C70H139NO31S/c72-69(9-7-5-3-1-2-4-6-8-68-103)71-11-13-76-15-17-78-19-21-80-23-25-82-27-29-84-31-33-86-35-37-88-39-41-90-43-45-92-47-49-94-51-53-96-55-57-98-59-61-100-63-65-102-67-66-101-64-62-99-60-58-97-56-54-95-52-50-93-48-46-91-44-42-89-40-38-87-36-34-85-32-30-83-28-26-81-24-22-79-20-18-77-16-14-75-12-10-70(73)74/h103H,1-68H2,(H,71,72)(H,73,74). The zero-order valence-electron chi connectivity index (χ0n) is 62.7. The van der Waals surface area contributed by atoms with Crippen molar-refractivity contribution in [2.75, 3.05) is 382 Å². The van der Waals surface area contributed by atoms with Crippen molar-refractivity contribution in [2.24, 2.45) is 0 Å². The van der Waals surface area contributed by atoms with Gasteiger partial charge in [0.25, 0.3) is 0 Å². The highest BCUT2D eigenvalue weighted by atomic mass is 32.1. The summed E-state index contributed by atoms with van der Waals surface area (Å²) in [5.41, 5.74) is 0. The number of carboxylic acids is 1. The fourth-order valence-electron chi connectivity index (χ4n) is 8.01. The molecule has 0 bridgehead atoms. The molecule has 0 aromatic rings. The minimum absolute atomic E-state index is 0.0115. The fourth-order valence-corrected chi connectivity index (χ4v) is 8.23. The van der Waals surface area contributed by atoms with Crippen molar-refractivity contribution in [1.82, 2.24) is 5.32 Å². The predicted octanol–water partition coefficient (Wildman–Crippen LogP) is 3.48. The first-order valence-corrected chi connectivity index (χ1v) is 38.1. The number of thiol groups is 1. The quantitative estimate of drug-likeness (QED) is 0.0580. The first-order valence-electron chi connectivity index (χ1n) is 37.4. The molecule has 0 atom stereocenters. The fraction of sp³-hybridized carbons (Fsp3) is 0.971. The highest BCUT2D eigenvalue weighted by Crippen LogP contribution is 2.10. The van der Waals surface area contributed by atoms with Gasteiger partial charge in [0.1, 0.15) is 0 Å². The Kier molecular flexibility index (Phi) is 94.5. The molecule has 33 heteroatoms. The van der Waals surface area contributed by atoms with E-state index in [2.05, 4.69) is 17.9 Å². The molecular weight excluding hydrogens is 1380 g/mol. The van der Waals surface area contributed by atoms with Gasteiger partial charge in [-0.25, -0.2) is 0 Å². The van der Waals surface area contributed by atoms with Gasteiger partial charge in [0.05, 0.1) is 376 Å². The monoisotopic (exact) mass is 1520 g/mol. The third kappa shape index (κ3) is 98.2. The maximum absolute atomic E-state index is 12.0. The number of carbonyl (C=O) groups is 2. The van der Waals surface area contributed by atoms with Gasteiger partial charge in [-0.05, 0) is 18.6 Å². The Balaban J connectivity index is 3.11. The number of nitrogens with one attached hydrogen (secondary N) is 1. The summed E-state index contributed by atoms with van der Waals surface area (Å²) >= 11 is 4.25. The Morgan fingerprint density at radius 3 is 0.476 bits per heavy atom. The van der Waals surface area contributed by atoms with Crippen LogP contribution in [0.1, 0.15) is 64.2 Å². The lowest BCUT2D eigenvalue weighted by molar-refractivity contribution is -0.138. The summed E-state index contributed by atoms with van der Waals surface area (Å²) in [7, 11) is 0. The van der Waals surface area contributed by atoms with E-state index in [0.29, 0.717) is 376 Å². The molecule has 0 aromatic carbocycles. The summed E-state index contributed by atoms with van der Waals surface area (Å²) < 4.78 is 154. The largest absolute Gasteiger partial charge is 0.481 e. The second-order valence-corrected chi connectivity index (χ2v) is 22.4. The smallest absolute Gasteiger partial charge is 0.305 e. The van der Waals surface area contributed by atoms with Crippen LogP contribution in [-0.4, -0.2) is 399 Å². The van der Waals surface area contributed by atoms with E-state index < -0.39 is 5.97 Å². The number of rotatable bonds is 97. The maximum Gasteiger partial charge on any atom is 0.305 e. The summed E-state index contributed by atoms with van der Waals surface area (Å²) in [5.74, 6) is 0.195. The minimum atomic E-state index is -0.881. The molecule has 0 fully saturated rings. The number of ether oxygens (including phenoxy) is 28. The van der Waals surface area contributed by atoms with Gasteiger partial charge in [-0.2, -0.15) is 12.6 Å². The van der Waals surface area contributed by atoms with Crippen LogP contribution in [-0.2, 0) is 142 Å². The van der Waals surface area contributed by atoms with Gasteiger partial charge >= 0.3 is 5.97 Å². The molecule has 0 radical (unpaired) electrons. The highest BCUT2D eigenvalue weighted by molar-refractivity contribution is 7.80. The number of amides is 1. The van der Waals surface area contributed by atoms with Crippen LogP contribution in [0.4, 0.5) is 0 Å². The zero-order chi connectivity index (χ0) is 73.7. The summed E-state index contributed by atoms with van der Waals surface area (Å²) in [6, 6.07) is 0. The molecule has 103 heavy (non-hydrogen) atoms. The number of aliphatic carboxylic acids is 1. The molecule has 0 saturated heterocycles. The van der Waals surface area contributed by atoms with Gasteiger partial charge in [0.15, 0.2) is 0 Å². The first-order chi connectivity index (χ1) is 51.2. The molecule has 0 aliphatic rings. The van der Waals surface area contributed by atoms with Crippen LogP contribution >= 0.6 is 12.6 Å². The van der Waals surface area contributed by atoms with Crippen molar-refractivity contribution in [3.05, 3.63) is 0 Å². The Labute approximate surface area is 621 Å². The Hall–Kier alpha value is -1.83. The molecule has 616 valence electrons. The first kappa shape index (κ1) is 101. The number of carboxylic acid groups (broad SMARTS) is 1. The van der Waals surface area contributed by atoms with Gasteiger partial charge in [-0.1, -0.05) is 38.5 Å². The molecular formula is C70H139NO31S. The van der Waals surface area contributed by atoms with Crippen molar-refractivity contribution in [3.63, 3.8) is 0 Å². The minimum Gasteiger partial charge on any atom is -0.481 e. The van der Waals surface area contributed by atoms with Crippen LogP contribution in [0.3, 0.4) is 0 Å². The second-order valence-electron chi connectivity index (χ2n) is 21.9. The van der Waals surface area contributed by atoms with Crippen molar-refractivity contribution in [3.8, 4) is 0 Å². The molecule has 0 heterocycles. The number of unbranched alkanes of at least 4 members (excludes halogenated alkanes) is 7. The van der Waals surface area contributed by atoms with E-state index in [1.54, 1.807) is 0 Å². The Morgan fingerprint density at radius 2 is 0.320 bits per heavy atom. The molecule has 1 amide bonds. The van der Waals surface area contributed by atoms with Gasteiger partial charge in [-0.3, -0.25) is 9.59 Å². The average Bonchev–Trinajstić information content (AvgIpc) is 3.82. The summed E-state index contributed by atoms with van der Waals surface area (Å²) in [4.78, 5) is 22.3. The predicted molar refractivity (Wildman–Crippen MR) is 384 cm³/mol. The third-order valence-electron chi connectivity index (χ3n) is 13.4. The van der Waals surface area contributed by atoms with E-state index in [-0.39, 0.29) is 18.9 Å². The van der Waals surface area contributed by atoms with E-state index >= 15 is 0 Å². The van der Waals surface area contributed by atoms with Crippen LogP contribution in [0, 0.1) is 0 Å². The topological polar surface area (TPSA) is 325 Å². The molecule has 0 unspecified atom stereocenters. The van der Waals surface area contributed by atoms with E-state index in [0.717, 1.165) is 18.6 Å². The van der Waals surface area contributed by atoms with Crippen molar-refractivity contribution in [2.45, 2.75) is 64.2 Å². The third-order valence-corrected chi connectivity index (χ3v) is 13.7. The van der Waals surface area contributed by atoms with Crippen LogP contribution in [0.15, 0.2) is 0 Å². The van der Waals surface area contributed by atoms with Gasteiger partial charge in [0.2, 0.25) is 5.91 Å². The number of hydrogen-bond acceptors (Lipinski definition) is 31. The number of hydrogen-bond donors (Lipinski definition) is 3. The van der Waals surface area contributed by atoms with E-state index in [1.165, 1.54) is 38.5 Å². The van der Waals surface area contributed by atoms with E-state index in [4.69, 9.17) is 138 Å². The van der Waals surface area contributed by atoms with Crippen molar-refractivity contribution < 1.29 is 147 Å². The van der Waals surface area contributed by atoms with Gasteiger partial charge < -0.3 is 143 Å². The Bertz CT molecular complexity index is 1570. The highest BCUT2D eigenvalue weighted by Gasteiger charge is 2.05. The summed E-state index contributed by atoms with van der Waals surface area (Å²) in [5, 5.41) is 11.4. The summed E-state index contributed by atoms with van der Waals surface area (Å²) in [6.07, 6.45) is 10.1. The Morgan fingerprint density at radius 1 is 0.184 bits per heavy atom. The number of carbonyl (C=O) groups excluding carboxylic acids is 1. The molecule has 0 aliphatic carbocycles. The van der Waals surface area contributed by atoms with E-state index in [9.17, 15) is 9.59 Å². The lowest BCUT2D eigenvalue weighted by Gasteiger charge is -2.09. The summed E-state index contributed by atoms with van der Waals surface area (Å²) in [6.45, 7) is 26.7. The maximum atomic E-state index is 12.0. The molecule has 0 rings (SSSR count). The normalized spacial score (nSPS) is 11.7.